The summed E-state index contributed by atoms with van der Waals surface area (Å²) in [4.78, 5) is 10.2. The maximum atomic E-state index is 9.50. The zero-order valence-electron chi connectivity index (χ0n) is 15.2. The molecule has 0 saturated carbocycles. The fourth-order valence-corrected chi connectivity index (χ4v) is 3.87. The predicted octanol–water partition coefficient (Wildman–Crippen LogP) is 4.83. The van der Waals surface area contributed by atoms with Crippen molar-refractivity contribution in [2.75, 3.05) is 11.9 Å². The van der Waals surface area contributed by atoms with Gasteiger partial charge >= 0.3 is 0 Å². The number of aromatic nitrogens is 3. The Labute approximate surface area is 162 Å². The zero-order valence-corrected chi connectivity index (χ0v) is 16.0. The second kappa shape index (κ2) is 7.90. The number of nitrogens with one attached hydrogen (secondary N) is 1. The van der Waals surface area contributed by atoms with Gasteiger partial charge in [-0.05, 0) is 18.1 Å². The SMILES string of the molecule is CCCCNc1ncc(-c2cc(-c3ccccc3)c3nc(CO)cn3c2)s1. The van der Waals surface area contributed by atoms with Crippen LogP contribution in [0.25, 0.3) is 27.2 Å². The van der Waals surface area contributed by atoms with E-state index < -0.39 is 0 Å². The topological polar surface area (TPSA) is 62.5 Å². The van der Waals surface area contributed by atoms with E-state index in [-0.39, 0.29) is 6.61 Å². The van der Waals surface area contributed by atoms with E-state index >= 15 is 0 Å². The smallest absolute Gasteiger partial charge is 0.183 e. The Balaban J connectivity index is 1.77. The molecule has 0 aliphatic rings. The largest absolute Gasteiger partial charge is 0.390 e. The number of aliphatic hydroxyl groups is 1. The van der Waals surface area contributed by atoms with Gasteiger partial charge in [-0.15, -0.1) is 0 Å². The fourth-order valence-electron chi connectivity index (χ4n) is 3.05. The molecule has 2 N–H and O–H groups in total. The van der Waals surface area contributed by atoms with E-state index in [2.05, 4.69) is 46.6 Å². The van der Waals surface area contributed by atoms with Crippen LogP contribution in [0.15, 0.2) is 55.0 Å². The summed E-state index contributed by atoms with van der Waals surface area (Å²) < 4.78 is 1.99. The summed E-state index contributed by atoms with van der Waals surface area (Å²) >= 11 is 1.66. The number of hydrogen-bond acceptors (Lipinski definition) is 5. The van der Waals surface area contributed by atoms with E-state index in [4.69, 9.17) is 0 Å². The maximum Gasteiger partial charge on any atom is 0.183 e. The van der Waals surface area contributed by atoms with Gasteiger partial charge in [-0.3, -0.25) is 0 Å². The van der Waals surface area contributed by atoms with Gasteiger partial charge in [0.1, 0.15) is 5.65 Å². The minimum atomic E-state index is -0.0721. The minimum absolute atomic E-state index is 0.0721. The molecule has 0 unspecified atom stereocenters. The Bertz CT molecular complexity index is 1040. The lowest BCUT2D eigenvalue weighted by molar-refractivity contribution is 0.277. The number of aliphatic hydroxyl groups excluding tert-OH is 1. The van der Waals surface area contributed by atoms with Crippen molar-refractivity contribution in [3.8, 4) is 21.6 Å². The number of pyridine rings is 1. The van der Waals surface area contributed by atoms with Crippen LogP contribution in [-0.4, -0.2) is 26.0 Å². The van der Waals surface area contributed by atoms with Crippen molar-refractivity contribution < 1.29 is 5.11 Å². The molecule has 4 aromatic rings. The van der Waals surface area contributed by atoms with Gasteiger partial charge in [-0.2, -0.15) is 0 Å². The molecule has 1 aromatic carbocycles. The number of unbranched alkanes of at least 4 members (excludes halogenated alkanes) is 1. The van der Waals surface area contributed by atoms with Crippen LogP contribution in [-0.2, 0) is 6.61 Å². The molecule has 4 rings (SSSR count). The average molecular weight is 379 g/mol. The first-order valence-corrected chi connectivity index (χ1v) is 9.98. The Hall–Kier alpha value is -2.70. The number of hydrogen-bond donors (Lipinski definition) is 2. The monoisotopic (exact) mass is 378 g/mol. The Morgan fingerprint density at radius 3 is 2.78 bits per heavy atom. The minimum Gasteiger partial charge on any atom is -0.390 e. The molecule has 27 heavy (non-hydrogen) atoms. The standard InChI is InChI=1S/C21H22N4OS/c1-2-3-9-22-21-23-11-19(27-21)16-10-18(15-7-5-4-6-8-15)20-24-17(14-26)13-25(20)12-16/h4-8,10-13,26H,2-3,9,14H2,1H3,(H,22,23). The Morgan fingerprint density at radius 2 is 2.00 bits per heavy atom. The highest BCUT2D eigenvalue weighted by Crippen LogP contribution is 2.34. The van der Waals surface area contributed by atoms with E-state index in [1.165, 1.54) is 0 Å². The summed E-state index contributed by atoms with van der Waals surface area (Å²) in [7, 11) is 0. The molecule has 0 fully saturated rings. The Kier molecular flexibility index (Phi) is 5.18. The summed E-state index contributed by atoms with van der Waals surface area (Å²) in [5.41, 5.74) is 4.74. The summed E-state index contributed by atoms with van der Waals surface area (Å²) in [5.74, 6) is 0. The third-order valence-electron chi connectivity index (χ3n) is 4.44. The molecule has 3 aromatic heterocycles. The van der Waals surface area contributed by atoms with E-state index in [1.54, 1.807) is 11.3 Å². The highest BCUT2D eigenvalue weighted by Gasteiger charge is 2.13. The van der Waals surface area contributed by atoms with Gasteiger partial charge in [0, 0.05) is 36.3 Å². The first-order valence-electron chi connectivity index (χ1n) is 9.16. The molecule has 0 amide bonds. The number of imidazole rings is 1. The molecule has 138 valence electrons. The number of anilines is 1. The quantitative estimate of drug-likeness (QED) is 0.452. The molecule has 0 radical (unpaired) electrons. The van der Waals surface area contributed by atoms with Crippen LogP contribution in [0.1, 0.15) is 25.5 Å². The van der Waals surface area contributed by atoms with Gasteiger partial charge in [-0.1, -0.05) is 55.0 Å². The molecule has 0 aliphatic carbocycles. The van der Waals surface area contributed by atoms with Crippen molar-refractivity contribution in [2.24, 2.45) is 0 Å². The highest BCUT2D eigenvalue weighted by molar-refractivity contribution is 7.18. The van der Waals surface area contributed by atoms with Crippen LogP contribution < -0.4 is 5.32 Å². The van der Waals surface area contributed by atoms with Gasteiger partial charge in [0.25, 0.3) is 0 Å². The Morgan fingerprint density at radius 1 is 1.15 bits per heavy atom. The molecular weight excluding hydrogens is 356 g/mol. The molecule has 0 spiro atoms. The van der Waals surface area contributed by atoms with Crippen molar-refractivity contribution in [3.05, 3.63) is 60.7 Å². The highest BCUT2D eigenvalue weighted by atomic mass is 32.1. The van der Waals surface area contributed by atoms with E-state index in [1.807, 2.05) is 35.0 Å². The van der Waals surface area contributed by atoms with E-state index in [0.717, 1.165) is 51.7 Å². The number of fused-ring (bicyclic) bond motifs is 1. The molecule has 0 aliphatic heterocycles. The van der Waals surface area contributed by atoms with Crippen LogP contribution >= 0.6 is 11.3 Å². The normalized spacial score (nSPS) is 11.2. The van der Waals surface area contributed by atoms with E-state index in [9.17, 15) is 5.11 Å². The van der Waals surface area contributed by atoms with Gasteiger partial charge in [0.2, 0.25) is 0 Å². The average Bonchev–Trinajstić information content (AvgIpc) is 3.34. The second-order valence-electron chi connectivity index (χ2n) is 6.44. The van der Waals surface area contributed by atoms with E-state index in [0.29, 0.717) is 5.69 Å². The van der Waals surface area contributed by atoms with Crippen LogP contribution in [0.2, 0.25) is 0 Å². The maximum absolute atomic E-state index is 9.50. The first kappa shape index (κ1) is 17.7. The van der Waals surface area contributed by atoms with Crippen molar-refractivity contribution in [1.29, 1.82) is 0 Å². The molecule has 6 heteroatoms. The van der Waals surface area contributed by atoms with Gasteiger partial charge in [0.15, 0.2) is 5.13 Å². The molecule has 3 heterocycles. The third kappa shape index (κ3) is 3.72. The van der Waals surface area contributed by atoms with Crippen molar-refractivity contribution in [2.45, 2.75) is 26.4 Å². The predicted molar refractivity (Wildman–Crippen MR) is 111 cm³/mol. The van der Waals surface area contributed by atoms with Crippen molar-refractivity contribution in [1.82, 2.24) is 14.4 Å². The lowest BCUT2D eigenvalue weighted by Crippen LogP contribution is -1.99. The third-order valence-corrected chi connectivity index (χ3v) is 5.45. The summed E-state index contributed by atoms with van der Waals surface area (Å²) in [5, 5.41) is 13.8. The van der Waals surface area contributed by atoms with Crippen LogP contribution in [0.4, 0.5) is 5.13 Å². The number of nitrogens with zero attached hydrogens (tertiary/aromatic N) is 3. The summed E-state index contributed by atoms with van der Waals surface area (Å²) in [6.45, 7) is 3.05. The number of thiazole rings is 1. The number of rotatable bonds is 7. The first-order chi connectivity index (χ1) is 13.3. The second-order valence-corrected chi connectivity index (χ2v) is 7.47. The van der Waals surface area contributed by atoms with Gasteiger partial charge < -0.3 is 14.8 Å². The van der Waals surface area contributed by atoms with Crippen molar-refractivity contribution >= 4 is 22.1 Å². The summed E-state index contributed by atoms with van der Waals surface area (Å²) in [6, 6.07) is 12.4. The molecule has 0 saturated heterocycles. The van der Waals surface area contributed by atoms with Gasteiger partial charge in [-0.25, -0.2) is 9.97 Å². The number of benzene rings is 1. The van der Waals surface area contributed by atoms with Crippen LogP contribution in [0, 0.1) is 0 Å². The van der Waals surface area contributed by atoms with Gasteiger partial charge in [0.05, 0.1) is 17.2 Å². The molecular formula is C21H22N4OS. The van der Waals surface area contributed by atoms with Crippen molar-refractivity contribution in [3.63, 3.8) is 0 Å². The fraction of sp³-hybridized carbons (Fsp3) is 0.238. The van der Waals surface area contributed by atoms with Crippen LogP contribution in [0.3, 0.4) is 0 Å². The molecule has 0 atom stereocenters. The summed E-state index contributed by atoms with van der Waals surface area (Å²) in [6.07, 6.45) is 8.15. The van der Waals surface area contributed by atoms with Crippen LogP contribution in [0.5, 0.6) is 0 Å². The molecule has 0 bridgehead atoms. The molecule has 5 nitrogen and oxygen atoms in total. The lowest BCUT2D eigenvalue weighted by Gasteiger charge is -2.07. The zero-order chi connectivity index (χ0) is 18.6. The lowest BCUT2D eigenvalue weighted by atomic mass is 10.0.